The molecule has 1 rings (SSSR count). The number of sulfonamides is 1. The van der Waals surface area contributed by atoms with Crippen molar-refractivity contribution < 1.29 is 31.1 Å². The number of methoxy groups -OCH3 is 1. The highest BCUT2D eigenvalue weighted by atomic mass is 32.2. The van der Waals surface area contributed by atoms with Crippen LogP contribution in [0.4, 0.5) is 18.9 Å². The highest BCUT2D eigenvalue weighted by Gasteiger charge is 2.31. The third-order valence-corrected chi connectivity index (χ3v) is 4.03. The smallest absolute Gasteiger partial charge is 0.416 e. The Morgan fingerprint density at radius 1 is 1.32 bits per heavy atom. The summed E-state index contributed by atoms with van der Waals surface area (Å²) in [7, 11) is -2.57. The summed E-state index contributed by atoms with van der Waals surface area (Å²) >= 11 is 0. The van der Waals surface area contributed by atoms with Crippen molar-refractivity contribution in [2.24, 2.45) is 0 Å². The summed E-state index contributed by atoms with van der Waals surface area (Å²) in [5.41, 5.74) is -1.03. The number of hydrogen-bond donors (Lipinski definition) is 0. The van der Waals surface area contributed by atoms with Crippen LogP contribution in [-0.4, -0.2) is 34.3 Å². The molecule has 0 fully saturated rings. The first-order valence-electron chi connectivity index (χ1n) is 6.27. The molecule has 1 aromatic carbocycles. The lowest BCUT2D eigenvalue weighted by molar-refractivity contribution is -0.140. The van der Waals surface area contributed by atoms with E-state index in [1.54, 1.807) is 0 Å². The lowest BCUT2D eigenvalue weighted by Crippen LogP contribution is -2.31. The molecule has 0 spiro atoms. The molecular formula is C13H16F3NO4S. The first-order valence-corrected chi connectivity index (χ1v) is 8.12. The molecule has 0 bridgehead atoms. The van der Waals surface area contributed by atoms with Gasteiger partial charge in [-0.25, -0.2) is 8.42 Å². The second-order valence-corrected chi connectivity index (χ2v) is 6.47. The number of rotatable bonds is 6. The van der Waals surface area contributed by atoms with Gasteiger partial charge in [0, 0.05) is 13.0 Å². The first-order chi connectivity index (χ1) is 10.1. The van der Waals surface area contributed by atoms with Gasteiger partial charge in [0.25, 0.3) is 0 Å². The Morgan fingerprint density at radius 2 is 1.95 bits per heavy atom. The van der Waals surface area contributed by atoms with E-state index in [0.29, 0.717) is 0 Å². The molecule has 124 valence electrons. The SMILES string of the molecule is COC(=O)CCCN(c1cccc(C(F)(F)F)c1)S(C)(=O)=O. The summed E-state index contributed by atoms with van der Waals surface area (Å²) in [6.45, 7) is -0.116. The predicted molar refractivity (Wildman–Crippen MR) is 74.9 cm³/mol. The number of carbonyl (C=O) groups excluding carboxylic acids is 1. The van der Waals surface area contributed by atoms with Crippen LogP contribution in [0.25, 0.3) is 0 Å². The predicted octanol–water partition coefficient (Wildman–Crippen LogP) is 2.42. The van der Waals surface area contributed by atoms with Gasteiger partial charge in [-0.2, -0.15) is 13.2 Å². The second-order valence-electron chi connectivity index (χ2n) is 4.56. The van der Waals surface area contributed by atoms with Gasteiger partial charge in [-0.05, 0) is 24.6 Å². The highest BCUT2D eigenvalue weighted by molar-refractivity contribution is 7.92. The number of halogens is 3. The van der Waals surface area contributed by atoms with Crippen molar-refractivity contribution in [1.29, 1.82) is 0 Å². The molecule has 5 nitrogen and oxygen atoms in total. The average molecular weight is 339 g/mol. The van der Waals surface area contributed by atoms with E-state index >= 15 is 0 Å². The molecule has 0 aliphatic carbocycles. The zero-order valence-corrected chi connectivity index (χ0v) is 12.9. The molecule has 0 aliphatic heterocycles. The third kappa shape index (κ3) is 5.21. The van der Waals surface area contributed by atoms with E-state index in [1.165, 1.54) is 13.2 Å². The topological polar surface area (TPSA) is 63.7 Å². The summed E-state index contributed by atoms with van der Waals surface area (Å²) in [5.74, 6) is -0.516. The molecule has 0 saturated carbocycles. The standard InChI is InChI=1S/C13H16F3NO4S/c1-21-12(18)7-4-8-17(22(2,19)20)11-6-3-5-10(9-11)13(14,15)16/h3,5-6,9H,4,7-8H2,1-2H3. The van der Waals surface area contributed by atoms with Crippen molar-refractivity contribution in [3.8, 4) is 0 Å². The normalized spacial score (nSPS) is 12.0. The van der Waals surface area contributed by atoms with Crippen LogP contribution in [0.15, 0.2) is 24.3 Å². The van der Waals surface area contributed by atoms with Crippen LogP contribution in [0.2, 0.25) is 0 Å². The molecule has 0 aliphatic rings. The van der Waals surface area contributed by atoms with E-state index in [0.717, 1.165) is 28.8 Å². The van der Waals surface area contributed by atoms with Gasteiger partial charge in [0.1, 0.15) is 0 Å². The number of anilines is 1. The molecule has 1 aromatic rings. The fraction of sp³-hybridized carbons (Fsp3) is 0.462. The minimum absolute atomic E-state index is 0.0263. The zero-order valence-electron chi connectivity index (χ0n) is 12.1. The van der Waals surface area contributed by atoms with Crippen molar-refractivity contribution in [2.75, 3.05) is 24.2 Å². The van der Waals surface area contributed by atoms with Crippen LogP contribution in [-0.2, 0) is 25.7 Å². The van der Waals surface area contributed by atoms with Crippen molar-refractivity contribution in [1.82, 2.24) is 0 Å². The molecule has 9 heteroatoms. The zero-order chi connectivity index (χ0) is 17.0. The monoisotopic (exact) mass is 339 g/mol. The number of esters is 1. The number of carbonyl (C=O) groups is 1. The average Bonchev–Trinajstić information content (AvgIpc) is 2.41. The Bertz CT molecular complexity index is 628. The van der Waals surface area contributed by atoms with E-state index in [-0.39, 0.29) is 25.1 Å². The van der Waals surface area contributed by atoms with Gasteiger partial charge >= 0.3 is 12.1 Å². The van der Waals surface area contributed by atoms with E-state index < -0.39 is 27.7 Å². The fourth-order valence-electron chi connectivity index (χ4n) is 1.79. The number of benzene rings is 1. The number of nitrogens with zero attached hydrogens (tertiary/aromatic N) is 1. The van der Waals surface area contributed by atoms with Crippen LogP contribution in [0.5, 0.6) is 0 Å². The largest absolute Gasteiger partial charge is 0.469 e. The fourth-order valence-corrected chi connectivity index (χ4v) is 2.75. The van der Waals surface area contributed by atoms with Crippen molar-refractivity contribution in [3.05, 3.63) is 29.8 Å². The molecule has 0 amide bonds. The van der Waals surface area contributed by atoms with Gasteiger partial charge in [-0.1, -0.05) is 6.07 Å². The highest BCUT2D eigenvalue weighted by Crippen LogP contribution is 2.32. The summed E-state index contributed by atoms with van der Waals surface area (Å²) in [4.78, 5) is 11.0. The molecule has 0 atom stereocenters. The van der Waals surface area contributed by atoms with E-state index in [2.05, 4.69) is 4.74 Å². The van der Waals surface area contributed by atoms with Crippen LogP contribution in [0.1, 0.15) is 18.4 Å². The van der Waals surface area contributed by atoms with Gasteiger partial charge in [0.15, 0.2) is 0 Å². The van der Waals surface area contributed by atoms with Gasteiger partial charge in [-0.15, -0.1) is 0 Å². The summed E-state index contributed by atoms with van der Waals surface area (Å²) < 4.78 is 66.9. The Morgan fingerprint density at radius 3 is 2.45 bits per heavy atom. The maximum atomic E-state index is 12.7. The maximum absolute atomic E-state index is 12.7. The summed E-state index contributed by atoms with van der Waals surface area (Å²) in [5, 5.41) is 0. The lowest BCUT2D eigenvalue weighted by atomic mass is 10.2. The molecule has 0 heterocycles. The van der Waals surface area contributed by atoms with Gasteiger partial charge in [-0.3, -0.25) is 9.10 Å². The van der Waals surface area contributed by atoms with Gasteiger partial charge in [0.05, 0.1) is 24.6 Å². The molecule has 0 unspecified atom stereocenters. The Kier molecular flexibility index (Phi) is 5.81. The van der Waals surface area contributed by atoms with E-state index in [9.17, 15) is 26.4 Å². The van der Waals surface area contributed by atoms with Gasteiger partial charge in [0.2, 0.25) is 10.0 Å². The van der Waals surface area contributed by atoms with Crippen molar-refractivity contribution in [2.45, 2.75) is 19.0 Å². The second kappa shape index (κ2) is 6.99. The Balaban J connectivity index is 3.01. The third-order valence-electron chi connectivity index (χ3n) is 2.83. The molecule has 22 heavy (non-hydrogen) atoms. The first kappa shape index (κ1) is 18.3. The van der Waals surface area contributed by atoms with Gasteiger partial charge < -0.3 is 4.74 Å². The minimum Gasteiger partial charge on any atom is -0.469 e. The van der Waals surface area contributed by atoms with Crippen LogP contribution in [0, 0.1) is 0 Å². The quantitative estimate of drug-likeness (QED) is 0.747. The Labute approximate surface area is 126 Å². The van der Waals surface area contributed by atoms with Crippen molar-refractivity contribution in [3.63, 3.8) is 0 Å². The van der Waals surface area contributed by atoms with Crippen LogP contribution < -0.4 is 4.31 Å². The molecule has 0 N–H and O–H groups in total. The van der Waals surface area contributed by atoms with E-state index in [4.69, 9.17) is 0 Å². The maximum Gasteiger partial charge on any atom is 0.416 e. The molecule has 0 radical (unpaired) electrons. The lowest BCUT2D eigenvalue weighted by Gasteiger charge is -2.23. The number of ether oxygens (including phenoxy) is 1. The number of hydrogen-bond acceptors (Lipinski definition) is 4. The Hall–Kier alpha value is -1.77. The minimum atomic E-state index is -4.56. The van der Waals surface area contributed by atoms with Crippen LogP contribution in [0.3, 0.4) is 0 Å². The van der Waals surface area contributed by atoms with Crippen molar-refractivity contribution >= 4 is 21.7 Å². The molecule has 0 saturated heterocycles. The van der Waals surface area contributed by atoms with Crippen LogP contribution >= 0.6 is 0 Å². The van der Waals surface area contributed by atoms with E-state index in [1.807, 2.05) is 0 Å². The molecular weight excluding hydrogens is 323 g/mol. The molecule has 0 aromatic heterocycles. The summed E-state index contributed by atoms with van der Waals surface area (Å²) in [6.07, 6.45) is -3.56. The summed E-state index contributed by atoms with van der Waals surface area (Å²) in [6, 6.07) is 4.03. The number of alkyl halides is 3.